The predicted molar refractivity (Wildman–Crippen MR) is 93.6 cm³/mol. The molecular weight excluding hydrogens is 351 g/mol. The molecule has 1 heterocycles. The third-order valence-electron chi connectivity index (χ3n) is 3.53. The molecule has 24 heavy (non-hydrogen) atoms. The monoisotopic (exact) mass is 362 g/mol. The molecule has 3 aromatic rings. The fourth-order valence-corrected chi connectivity index (χ4v) is 2.65. The van der Waals surface area contributed by atoms with E-state index in [-0.39, 0.29) is 5.56 Å². The van der Waals surface area contributed by atoms with Gasteiger partial charge in [-0.15, -0.1) is 5.10 Å². The van der Waals surface area contributed by atoms with Crippen molar-refractivity contribution in [2.45, 2.75) is 13.0 Å². The molecular formula is C16H12Cl2N4O2. The van der Waals surface area contributed by atoms with Gasteiger partial charge in [-0.1, -0.05) is 40.5 Å². The molecule has 1 amide bonds. The zero-order chi connectivity index (χ0) is 17.3. The number of fused-ring (bicyclic) bond motifs is 1. The highest BCUT2D eigenvalue weighted by Gasteiger charge is 2.20. The number of hydrogen-bond acceptors (Lipinski definition) is 4. The van der Waals surface area contributed by atoms with E-state index < -0.39 is 11.9 Å². The lowest BCUT2D eigenvalue weighted by atomic mass is 10.2. The predicted octanol–water partition coefficient (Wildman–Crippen LogP) is 3.30. The molecule has 0 aliphatic heterocycles. The Morgan fingerprint density at radius 1 is 1.21 bits per heavy atom. The van der Waals surface area contributed by atoms with Crippen LogP contribution in [0.2, 0.25) is 10.0 Å². The number of amides is 1. The van der Waals surface area contributed by atoms with Crippen molar-refractivity contribution in [3.05, 3.63) is 62.9 Å². The van der Waals surface area contributed by atoms with Crippen molar-refractivity contribution in [2.24, 2.45) is 0 Å². The van der Waals surface area contributed by atoms with Gasteiger partial charge in [0.2, 0.25) is 5.91 Å². The summed E-state index contributed by atoms with van der Waals surface area (Å²) in [5.74, 6) is -0.439. The highest BCUT2D eigenvalue weighted by atomic mass is 35.5. The molecule has 0 aliphatic rings. The summed E-state index contributed by atoms with van der Waals surface area (Å²) in [5, 5.41) is 11.6. The molecule has 1 aromatic heterocycles. The minimum absolute atomic E-state index is 0.306. The molecule has 6 nitrogen and oxygen atoms in total. The van der Waals surface area contributed by atoms with Gasteiger partial charge >= 0.3 is 0 Å². The number of hydrogen-bond donors (Lipinski definition) is 1. The first kappa shape index (κ1) is 16.4. The number of halogens is 2. The van der Waals surface area contributed by atoms with Crippen molar-refractivity contribution >= 4 is 45.7 Å². The van der Waals surface area contributed by atoms with E-state index in [9.17, 15) is 9.59 Å². The van der Waals surface area contributed by atoms with Crippen LogP contribution >= 0.6 is 23.2 Å². The topological polar surface area (TPSA) is 76.9 Å². The lowest BCUT2D eigenvalue weighted by Gasteiger charge is -2.14. The highest BCUT2D eigenvalue weighted by Crippen LogP contribution is 2.26. The number of nitrogens with one attached hydrogen (secondary N) is 1. The molecule has 0 fully saturated rings. The number of anilines is 1. The van der Waals surface area contributed by atoms with Gasteiger partial charge in [0.1, 0.15) is 11.6 Å². The van der Waals surface area contributed by atoms with E-state index in [1.54, 1.807) is 43.3 Å². The largest absolute Gasteiger partial charge is 0.323 e. The Balaban J connectivity index is 1.91. The van der Waals surface area contributed by atoms with Crippen molar-refractivity contribution < 1.29 is 4.79 Å². The van der Waals surface area contributed by atoms with Crippen LogP contribution in [-0.2, 0) is 4.79 Å². The number of rotatable bonds is 3. The number of nitrogens with zero attached hydrogens (tertiary/aromatic N) is 3. The first-order valence-corrected chi connectivity index (χ1v) is 7.83. The van der Waals surface area contributed by atoms with E-state index in [1.807, 2.05) is 0 Å². The Kier molecular flexibility index (Phi) is 4.51. The van der Waals surface area contributed by atoms with Crippen molar-refractivity contribution in [3.8, 4) is 0 Å². The quantitative estimate of drug-likeness (QED) is 0.775. The summed E-state index contributed by atoms with van der Waals surface area (Å²) in [4.78, 5) is 24.9. The maximum absolute atomic E-state index is 12.5. The Morgan fingerprint density at radius 2 is 1.96 bits per heavy atom. The molecule has 3 rings (SSSR count). The van der Waals surface area contributed by atoms with Crippen LogP contribution in [0.5, 0.6) is 0 Å². The molecule has 0 bridgehead atoms. The summed E-state index contributed by atoms with van der Waals surface area (Å²) in [6, 6.07) is 10.7. The molecule has 0 aliphatic carbocycles. The zero-order valence-corrected chi connectivity index (χ0v) is 14.0. The van der Waals surface area contributed by atoms with E-state index in [0.717, 1.165) is 4.68 Å². The van der Waals surface area contributed by atoms with Crippen LogP contribution in [0.25, 0.3) is 10.9 Å². The van der Waals surface area contributed by atoms with Gasteiger partial charge in [0, 0.05) is 5.02 Å². The normalized spacial score (nSPS) is 12.1. The molecule has 0 radical (unpaired) electrons. The van der Waals surface area contributed by atoms with Gasteiger partial charge in [0.05, 0.1) is 16.1 Å². The van der Waals surface area contributed by atoms with Crippen LogP contribution in [0.1, 0.15) is 13.0 Å². The summed E-state index contributed by atoms with van der Waals surface area (Å²) in [5.41, 5.74) is 0.497. The second-order valence-corrected chi connectivity index (χ2v) is 5.99. The van der Waals surface area contributed by atoms with Crippen molar-refractivity contribution in [1.82, 2.24) is 15.0 Å². The molecule has 0 spiro atoms. The minimum Gasteiger partial charge on any atom is -0.323 e. The molecule has 0 saturated heterocycles. The molecule has 0 unspecified atom stereocenters. The molecule has 8 heteroatoms. The van der Waals surface area contributed by atoms with Crippen LogP contribution in [0.4, 0.5) is 5.69 Å². The summed E-state index contributed by atoms with van der Waals surface area (Å²) in [7, 11) is 0. The van der Waals surface area contributed by atoms with E-state index >= 15 is 0 Å². The van der Waals surface area contributed by atoms with Gasteiger partial charge in [-0.2, -0.15) is 4.68 Å². The van der Waals surface area contributed by atoms with Crippen LogP contribution in [0.15, 0.2) is 47.3 Å². The average Bonchev–Trinajstić information content (AvgIpc) is 2.57. The van der Waals surface area contributed by atoms with Crippen molar-refractivity contribution in [1.29, 1.82) is 0 Å². The Morgan fingerprint density at radius 3 is 2.71 bits per heavy atom. The summed E-state index contributed by atoms with van der Waals surface area (Å²) < 4.78 is 1.04. The standard InChI is InChI=1S/C16H12Cl2N4O2/c1-9(15(23)19-14-7-6-10(17)8-12(14)18)22-16(24)11-4-2-3-5-13(11)20-21-22/h2-9H,1H3,(H,19,23)/t9-/m0/s1. The second kappa shape index (κ2) is 6.59. The van der Waals surface area contributed by atoms with Gasteiger partial charge in [-0.25, -0.2) is 0 Å². The van der Waals surface area contributed by atoms with E-state index in [1.165, 1.54) is 6.07 Å². The fourth-order valence-electron chi connectivity index (χ4n) is 2.19. The van der Waals surface area contributed by atoms with Crippen LogP contribution in [0, 0.1) is 0 Å². The molecule has 122 valence electrons. The molecule has 1 N–H and O–H groups in total. The number of carbonyl (C=O) groups excluding carboxylic acids is 1. The smallest absolute Gasteiger partial charge is 0.278 e. The number of aromatic nitrogens is 3. The number of carbonyl (C=O) groups is 1. The van der Waals surface area contributed by atoms with Crippen LogP contribution in [-0.4, -0.2) is 20.9 Å². The van der Waals surface area contributed by atoms with E-state index in [0.29, 0.717) is 26.6 Å². The van der Waals surface area contributed by atoms with Gasteiger partial charge in [-0.3, -0.25) is 9.59 Å². The van der Waals surface area contributed by atoms with Gasteiger partial charge in [-0.05, 0) is 37.3 Å². The molecule has 0 saturated carbocycles. The Labute approximate surface area is 147 Å². The number of benzene rings is 2. The van der Waals surface area contributed by atoms with E-state index in [4.69, 9.17) is 23.2 Å². The Bertz CT molecular complexity index is 987. The third kappa shape index (κ3) is 3.11. The van der Waals surface area contributed by atoms with Crippen molar-refractivity contribution in [3.63, 3.8) is 0 Å². The summed E-state index contributed by atoms with van der Waals surface area (Å²) >= 11 is 11.9. The first-order valence-electron chi connectivity index (χ1n) is 7.07. The molecule has 2 aromatic carbocycles. The summed E-state index contributed by atoms with van der Waals surface area (Å²) in [6.45, 7) is 1.56. The Hall–Kier alpha value is -2.44. The lowest BCUT2D eigenvalue weighted by molar-refractivity contribution is -0.119. The highest BCUT2D eigenvalue weighted by molar-refractivity contribution is 6.36. The van der Waals surface area contributed by atoms with Crippen molar-refractivity contribution in [2.75, 3.05) is 5.32 Å². The van der Waals surface area contributed by atoms with Gasteiger partial charge in [0.25, 0.3) is 5.56 Å². The summed E-state index contributed by atoms with van der Waals surface area (Å²) in [6.07, 6.45) is 0. The lowest BCUT2D eigenvalue weighted by Crippen LogP contribution is -2.34. The second-order valence-electron chi connectivity index (χ2n) is 5.15. The molecule has 1 atom stereocenters. The maximum Gasteiger partial charge on any atom is 0.278 e. The van der Waals surface area contributed by atoms with E-state index in [2.05, 4.69) is 15.6 Å². The minimum atomic E-state index is -0.860. The fraction of sp³-hybridized carbons (Fsp3) is 0.125. The third-order valence-corrected chi connectivity index (χ3v) is 4.07. The van der Waals surface area contributed by atoms with Gasteiger partial charge < -0.3 is 5.32 Å². The maximum atomic E-state index is 12.5. The van der Waals surface area contributed by atoms with Gasteiger partial charge in [0.15, 0.2) is 0 Å². The average molecular weight is 363 g/mol. The zero-order valence-electron chi connectivity index (χ0n) is 12.5. The first-order chi connectivity index (χ1) is 11.5. The SMILES string of the molecule is C[C@@H](C(=O)Nc1ccc(Cl)cc1Cl)n1nnc2ccccc2c1=O. The van der Waals surface area contributed by atoms with Crippen LogP contribution < -0.4 is 10.9 Å². The van der Waals surface area contributed by atoms with Crippen LogP contribution in [0.3, 0.4) is 0 Å².